The number of furan rings is 1. The number of amides is 1. The van der Waals surface area contributed by atoms with Crippen LogP contribution in [0.2, 0.25) is 5.02 Å². The Morgan fingerprint density at radius 3 is 2.62 bits per heavy atom. The lowest BCUT2D eigenvalue weighted by molar-refractivity contribution is -0.140. The lowest BCUT2D eigenvalue weighted by Crippen LogP contribution is -2.31. The van der Waals surface area contributed by atoms with Gasteiger partial charge in [-0.05, 0) is 43.7 Å². The first kappa shape index (κ1) is 21.0. The van der Waals surface area contributed by atoms with Crippen LogP contribution in [0.5, 0.6) is 5.75 Å². The van der Waals surface area contributed by atoms with E-state index in [0.29, 0.717) is 35.3 Å². The van der Waals surface area contributed by atoms with Gasteiger partial charge in [-0.25, -0.2) is 0 Å². The summed E-state index contributed by atoms with van der Waals surface area (Å²) in [6, 6.07) is 7.25. The molecule has 0 spiro atoms. The van der Waals surface area contributed by atoms with Crippen molar-refractivity contribution in [1.29, 1.82) is 0 Å². The van der Waals surface area contributed by atoms with Crippen molar-refractivity contribution in [2.45, 2.75) is 19.4 Å². The number of aryl methyl sites for hydroxylation is 1. The van der Waals surface area contributed by atoms with Crippen LogP contribution in [0.3, 0.4) is 0 Å². The zero-order chi connectivity index (χ0) is 21.1. The summed E-state index contributed by atoms with van der Waals surface area (Å²) in [5.41, 5.74) is 0.158. The SMILES string of the molecule is COCCCN1C(=O)C(=O)/C(=C(/O)c2cc(Cl)ccc2OC)C1c1ccc(C)o1. The molecule has 1 aliphatic heterocycles. The summed E-state index contributed by atoms with van der Waals surface area (Å²) >= 11 is 6.08. The smallest absolute Gasteiger partial charge is 0.295 e. The summed E-state index contributed by atoms with van der Waals surface area (Å²) in [5, 5.41) is 11.4. The normalized spacial score (nSPS) is 18.5. The minimum absolute atomic E-state index is 0.0673. The van der Waals surface area contributed by atoms with Crippen LogP contribution in [-0.4, -0.2) is 49.1 Å². The number of methoxy groups -OCH3 is 2. The van der Waals surface area contributed by atoms with Gasteiger partial charge >= 0.3 is 0 Å². The Bertz CT molecular complexity index is 964. The zero-order valence-electron chi connectivity index (χ0n) is 16.4. The summed E-state index contributed by atoms with van der Waals surface area (Å²) in [6.07, 6.45) is 0.528. The van der Waals surface area contributed by atoms with Gasteiger partial charge in [0.25, 0.3) is 11.7 Å². The Morgan fingerprint density at radius 2 is 2.00 bits per heavy atom. The van der Waals surface area contributed by atoms with Gasteiger partial charge in [0.2, 0.25) is 0 Å². The maximum atomic E-state index is 12.9. The van der Waals surface area contributed by atoms with Crippen LogP contribution in [-0.2, 0) is 14.3 Å². The van der Waals surface area contributed by atoms with Gasteiger partial charge < -0.3 is 23.9 Å². The minimum Gasteiger partial charge on any atom is -0.507 e. The standard InChI is InChI=1S/C21H22ClNO6/c1-12-5-7-16(29-12)18-17(20(25)21(26)23(18)9-4-10-27-2)19(24)14-11-13(22)6-8-15(14)28-3/h5-8,11,18,24H,4,9-10H2,1-3H3/b19-17+. The first-order valence-electron chi connectivity index (χ1n) is 9.06. The molecule has 1 fully saturated rings. The number of carbonyl (C=O) groups excluding carboxylic acids is 2. The molecule has 0 aliphatic carbocycles. The van der Waals surface area contributed by atoms with Crippen LogP contribution >= 0.6 is 11.6 Å². The summed E-state index contributed by atoms with van der Waals surface area (Å²) in [5.74, 6) is -0.518. The average molecular weight is 420 g/mol. The molecule has 1 amide bonds. The van der Waals surface area contributed by atoms with Crippen molar-refractivity contribution in [2.75, 3.05) is 27.4 Å². The van der Waals surface area contributed by atoms with Crippen LogP contribution in [0.4, 0.5) is 0 Å². The van der Waals surface area contributed by atoms with E-state index in [9.17, 15) is 14.7 Å². The second-order valence-corrected chi connectivity index (χ2v) is 7.07. The highest BCUT2D eigenvalue weighted by atomic mass is 35.5. The van der Waals surface area contributed by atoms with Gasteiger partial charge in [-0.3, -0.25) is 9.59 Å². The molecule has 3 rings (SSSR count). The molecule has 154 valence electrons. The van der Waals surface area contributed by atoms with E-state index in [1.54, 1.807) is 38.3 Å². The molecule has 1 N–H and O–H groups in total. The molecule has 1 aromatic carbocycles. The minimum atomic E-state index is -0.857. The summed E-state index contributed by atoms with van der Waals surface area (Å²) in [4.78, 5) is 27.0. The van der Waals surface area contributed by atoms with E-state index in [2.05, 4.69) is 0 Å². The number of halogens is 1. The molecular weight excluding hydrogens is 398 g/mol. The fourth-order valence-electron chi connectivity index (χ4n) is 3.40. The van der Waals surface area contributed by atoms with Crippen molar-refractivity contribution in [3.8, 4) is 5.75 Å². The second-order valence-electron chi connectivity index (χ2n) is 6.63. The van der Waals surface area contributed by atoms with Crippen molar-refractivity contribution < 1.29 is 28.6 Å². The first-order valence-corrected chi connectivity index (χ1v) is 9.44. The van der Waals surface area contributed by atoms with Crippen molar-refractivity contribution >= 4 is 29.1 Å². The van der Waals surface area contributed by atoms with Crippen molar-refractivity contribution in [3.63, 3.8) is 0 Å². The molecule has 1 unspecified atom stereocenters. The Morgan fingerprint density at radius 1 is 1.24 bits per heavy atom. The summed E-state index contributed by atoms with van der Waals surface area (Å²) < 4.78 is 16.1. The number of benzene rings is 1. The second kappa shape index (κ2) is 8.71. The maximum absolute atomic E-state index is 12.9. The lowest BCUT2D eigenvalue weighted by Gasteiger charge is -2.23. The van der Waals surface area contributed by atoms with Crippen LogP contribution in [0.1, 0.15) is 29.5 Å². The topological polar surface area (TPSA) is 89.2 Å². The Balaban J connectivity index is 2.16. The number of Topliss-reactive ketones (excluding diaryl/α,β-unsaturated/α-hetero) is 1. The molecule has 1 aliphatic rings. The molecule has 0 bridgehead atoms. The highest BCUT2D eigenvalue weighted by Crippen LogP contribution is 2.41. The predicted octanol–water partition coefficient (Wildman–Crippen LogP) is 3.71. The molecule has 2 aromatic rings. The van der Waals surface area contributed by atoms with E-state index in [4.69, 9.17) is 25.5 Å². The predicted molar refractivity (Wildman–Crippen MR) is 107 cm³/mol. The number of aliphatic hydroxyl groups excluding tert-OH is 1. The first-order chi connectivity index (χ1) is 13.9. The third-order valence-corrected chi connectivity index (χ3v) is 4.97. The number of rotatable bonds is 7. The fourth-order valence-corrected chi connectivity index (χ4v) is 3.57. The van der Waals surface area contributed by atoms with Gasteiger partial charge in [-0.1, -0.05) is 11.6 Å². The third-order valence-electron chi connectivity index (χ3n) is 4.73. The lowest BCUT2D eigenvalue weighted by atomic mass is 9.98. The highest BCUT2D eigenvalue weighted by molar-refractivity contribution is 6.46. The number of hydrogen-bond donors (Lipinski definition) is 1. The Kier molecular flexibility index (Phi) is 6.30. The summed E-state index contributed by atoms with van der Waals surface area (Å²) in [7, 11) is 3.00. The molecule has 1 saturated heterocycles. The van der Waals surface area contributed by atoms with Crippen LogP contribution in [0.25, 0.3) is 5.76 Å². The number of nitrogens with zero attached hydrogens (tertiary/aromatic N) is 1. The van der Waals surface area contributed by atoms with E-state index in [1.165, 1.54) is 18.1 Å². The fraction of sp³-hybridized carbons (Fsp3) is 0.333. The van der Waals surface area contributed by atoms with Crippen molar-refractivity contribution in [2.24, 2.45) is 0 Å². The quantitative estimate of drug-likeness (QED) is 0.318. The molecular formula is C21H22ClNO6. The van der Waals surface area contributed by atoms with E-state index >= 15 is 0 Å². The molecule has 0 radical (unpaired) electrons. The van der Waals surface area contributed by atoms with E-state index < -0.39 is 17.7 Å². The van der Waals surface area contributed by atoms with Gasteiger partial charge in [0, 0.05) is 25.3 Å². The number of hydrogen-bond acceptors (Lipinski definition) is 6. The summed E-state index contributed by atoms with van der Waals surface area (Å²) in [6.45, 7) is 2.46. The number of likely N-dealkylation sites (tertiary alicyclic amines) is 1. The number of ketones is 1. The Labute approximate surface area is 173 Å². The van der Waals surface area contributed by atoms with Crippen molar-refractivity contribution in [1.82, 2.24) is 4.90 Å². The average Bonchev–Trinajstić information content (AvgIpc) is 3.23. The van der Waals surface area contributed by atoms with Crippen LogP contribution < -0.4 is 4.74 Å². The van der Waals surface area contributed by atoms with Crippen LogP contribution in [0, 0.1) is 6.92 Å². The van der Waals surface area contributed by atoms with Crippen molar-refractivity contribution in [3.05, 3.63) is 58.0 Å². The largest absolute Gasteiger partial charge is 0.507 e. The van der Waals surface area contributed by atoms with E-state index in [1.807, 2.05) is 0 Å². The molecule has 8 heteroatoms. The van der Waals surface area contributed by atoms with Gasteiger partial charge in [-0.15, -0.1) is 0 Å². The third kappa shape index (κ3) is 4.02. The molecule has 1 atom stereocenters. The number of carbonyl (C=O) groups is 2. The van der Waals surface area contributed by atoms with E-state index in [0.717, 1.165) is 0 Å². The zero-order valence-corrected chi connectivity index (χ0v) is 17.2. The van der Waals surface area contributed by atoms with Gasteiger partial charge in [0.05, 0.1) is 18.2 Å². The highest BCUT2D eigenvalue weighted by Gasteiger charge is 2.47. The molecule has 2 heterocycles. The monoisotopic (exact) mass is 419 g/mol. The van der Waals surface area contributed by atoms with Crippen LogP contribution in [0.15, 0.2) is 40.3 Å². The van der Waals surface area contributed by atoms with Gasteiger partial charge in [-0.2, -0.15) is 0 Å². The molecule has 7 nitrogen and oxygen atoms in total. The Hall–Kier alpha value is -2.77. The van der Waals surface area contributed by atoms with Gasteiger partial charge in [0.15, 0.2) is 0 Å². The molecule has 29 heavy (non-hydrogen) atoms. The molecule has 1 aromatic heterocycles. The maximum Gasteiger partial charge on any atom is 0.295 e. The number of aliphatic hydroxyl groups is 1. The van der Waals surface area contributed by atoms with Gasteiger partial charge in [0.1, 0.15) is 29.1 Å². The number of ether oxygens (including phenoxy) is 2. The molecule has 0 saturated carbocycles. The van der Waals surface area contributed by atoms with E-state index in [-0.39, 0.29) is 23.4 Å².